The molecule has 0 bridgehead atoms. The van der Waals surface area contributed by atoms with E-state index in [0.717, 1.165) is 17.8 Å². The number of carbonyl (C=O) groups excluding carboxylic acids is 2. The Hall–Kier alpha value is -3.87. The lowest BCUT2D eigenvalue weighted by molar-refractivity contribution is -0.131. The van der Waals surface area contributed by atoms with Gasteiger partial charge in [-0.15, -0.1) is 0 Å². The van der Waals surface area contributed by atoms with Gasteiger partial charge in [-0.25, -0.2) is 14.1 Å². The summed E-state index contributed by atoms with van der Waals surface area (Å²) in [5.41, 5.74) is 2.34. The third-order valence-corrected chi connectivity index (χ3v) is 4.41. The van der Waals surface area contributed by atoms with Crippen LogP contribution in [0.3, 0.4) is 0 Å². The van der Waals surface area contributed by atoms with Crippen LogP contribution >= 0.6 is 0 Å². The molecule has 0 aliphatic heterocycles. The van der Waals surface area contributed by atoms with Gasteiger partial charge in [-0.1, -0.05) is 18.2 Å². The summed E-state index contributed by atoms with van der Waals surface area (Å²) in [7, 11) is 0. The summed E-state index contributed by atoms with van der Waals surface area (Å²) >= 11 is 0. The lowest BCUT2D eigenvalue weighted by Crippen LogP contribution is -2.09. The zero-order valence-electron chi connectivity index (χ0n) is 15.7. The molecule has 4 aromatic rings. The molecule has 144 valence electrons. The highest BCUT2D eigenvalue weighted by Gasteiger charge is 2.20. The number of esters is 1. The summed E-state index contributed by atoms with van der Waals surface area (Å²) in [6.45, 7) is 3.04. The van der Waals surface area contributed by atoms with E-state index in [9.17, 15) is 14.0 Å². The molecule has 0 fully saturated rings. The molecular formula is C22H16FN3O3. The predicted octanol–water partition coefficient (Wildman–Crippen LogP) is 4.02. The number of para-hydroxylation sites is 1. The van der Waals surface area contributed by atoms with Gasteiger partial charge in [-0.05, 0) is 43.3 Å². The van der Waals surface area contributed by atoms with Gasteiger partial charge in [0.2, 0.25) is 0 Å². The number of carbonyl (C=O) groups is 2. The molecule has 0 radical (unpaired) electrons. The fourth-order valence-corrected chi connectivity index (χ4v) is 3.10. The van der Waals surface area contributed by atoms with Crippen LogP contribution in [0.25, 0.3) is 16.7 Å². The number of aromatic nitrogens is 3. The van der Waals surface area contributed by atoms with E-state index >= 15 is 0 Å². The first-order valence-corrected chi connectivity index (χ1v) is 8.87. The molecular weight excluding hydrogens is 373 g/mol. The van der Waals surface area contributed by atoms with Crippen molar-refractivity contribution in [1.82, 2.24) is 14.8 Å². The van der Waals surface area contributed by atoms with E-state index in [4.69, 9.17) is 4.74 Å². The van der Waals surface area contributed by atoms with Gasteiger partial charge < -0.3 is 4.74 Å². The van der Waals surface area contributed by atoms with Crippen molar-refractivity contribution < 1.29 is 18.7 Å². The predicted molar refractivity (Wildman–Crippen MR) is 105 cm³/mol. The summed E-state index contributed by atoms with van der Waals surface area (Å²) in [4.78, 5) is 28.7. The van der Waals surface area contributed by atoms with Gasteiger partial charge in [-0.2, -0.15) is 5.10 Å². The number of fused-ring (bicyclic) bond motifs is 1. The van der Waals surface area contributed by atoms with Crippen molar-refractivity contribution in [2.75, 3.05) is 0 Å². The lowest BCUT2D eigenvalue weighted by Gasteiger charge is -2.09. The van der Waals surface area contributed by atoms with Crippen LogP contribution in [0.2, 0.25) is 0 Å². The first-order chi connectivity index (χ1) is 13.9. The third kappa shape index (κ3) is 3.50. The van der Waals surface area contributed by atoms with Crippen LogP contribution in [0, 0.1) is 12.7 Å². The maximum absolute atomic E-state index is 13.7. The second kappa shape index (κ2) is 7.27. The van der Waals surface area contributed by atoms with Gasteiger partial charge in [0.05, 0.1) is 16.9 Å². The highest BCUT2D eigenvalue weighted by atomic mass is 19.1. The number of rotatable bonds is 4. The lowest BCUT2D eigenvalue weighted by atomic mass is 10.0. The van der Waals surface area contributed by atoms with Crippen molar-refractivity contribution in [1.29, 1.82) is 0 Å². The van der Waals surface area contributed by atoms with Crippen molar-refractivity contribution >= 4 is 22.8 Å². The average Bonchev–Trinajstić information content (AvgIpc) is 3.05. The minimum absolute atomic E-state index is 0.000648. The Kier molecular flexibility index (Phi) is 4.64. The number of benzene rings is 2. The molecule has 29 heavy (non-hydrogen) atoms. The highest BCUT2D eigenvalue weighted by molar-refractivity contribution is 6.12. The highest BCUT2D eigenvalue weighted by Crippen LogP contribution is 2.26. The molecule has 0 saturated heterocycles. The van der Waals surface area contributed by atoms with Crippen molar-refractivity contribution in [2.24, 2.45) is 0 Å². The van der Waals surface area contributed by atoms with Crippen molar-refractivity contribution in [2.45, 2.75) is 13.8 Å². The molecule has 4 rings (SSSR count). The summed E-state index contributed by atoms with van der Waals surface area (Å²) in [5, 5.41) is 5.22. The number of aryl methyl sites for hydroxylation is 1. The molecule has 2 aromatic carbocycles. The van der Waals surface area contributed by atoms with Crippen LogP contribution in [0.1, 0.15) is 28.5 Å². The maximum Gasteiger partial charge on any atom is 0.308 e. The normalized spacial score (nSPS) is 10.9. The largest absolute Gasteiger partial charge is 0.426 e. The smallest absolute Gasteiger partial charge is 0.308 e. The topological polar surface area (TPSA) is 74.1 Å². The summed E-state index contributed by atoms with van der Waals surface area (Å²) in [5.74, 6) is -1.70. The standard InChI is InChI=1S/C22H16FN3O3/c1-13-18-10-15(12-24-22(18)26(25-13)17-6-4-3-5-7-17)21(28)19-11-16(23)8-9-20(19)29-14(2)27/h3-12H,1-2H3. The first-order valence-electron chi connectivity index (χ1n) is 8.87. The van der Waals surface area contributed by atoms with Crippen LogP contribution in [-0.2, 0) is 4.79 Å². The van der Waals surface area contributed by atoms with E-state index in [-0.39, 0.29) is 16.9 Å². The number of halogens is 1. The van der Waals surface area contributed by atoms with Gasteiger partial charge in [0, 0.05) is 24.1 Å². The Balaban J connectivity index is 1.80. The molecule has 0 aliphatic carbocycles. The van der Waals surface area contributed by atoms with Gasteiger partial charge in [0.25, 0.3) is 0 Å². The Morgan fingerprint density at radius 1 is 1.07 bits per heavy atom. The van der Waals surface area contributed by atoms with Crippen molar-refractivity contribution in [3.05, 3.63) is 83.4 Å². The van der Waals surface area contributed by atoms with E-state index in [0.29, 0.717) is 16.7 Å². The van der Waals surface area contributed by atoms with Crippen LogP contribution < -0.4 is 4.74 Å². The summed E-state index contributed by atoms with van der Waals surface area (Å²) in [6.07, 6.45) is 1.41. The van der Waals surface area contributed by atoms with Gasteiger partial charge in [-0.3, -0.25) is 9.59 Å². The zero-order valence-corrected chi connectivity index (χ0v) is 15.7. The number of hydrogen-bond acceptors (Lipinski definition) is 5. The van der Waals surface area contributed by atoms with Crippen LogP contribution in [0.4, 0.5) is 4.39 Å². The van der Waals surface area contributed by atoms with E-state index in [1.807, 2.05) is 37.3 Å². The summed E-state index contributed by atoms with van der Waals surface area (Å²) < 4.78 is 20.5. The monoisotopic (exact) mass is 389 g/mol. The van der Waals surface area contributed by atoms with Crippen molar-refractivity contribution in [3.63, 3.8) is 0 Å². The third-order valence-electron chi connectivity index (χ3n) is 4.41. The molecule has 7 heteroatoms. The quantitative estimate of drug-likeness (QED) is 0.299. The van der Waals surface area contributed by atoms with Gasteiger partial charge >= 0.3 is 5.97 Å². The van der Waals surface area contributed by atoms with Crippen molar-refractivity contribution in [3.8, 4) is 11.4 Å². The molecule has 2 heterocycles. The molecule has 6 nitrogen and oxygen atoms in total. The molecule has 0 atom stereocenters. The van der Waals surface area contributed by atoms with Crippen LogP contribution in [-0.4, -0.2) is 26.5 Å². The number of hydrogen-bond donors (Lipinski definition) is 0. The molecule has 0 unspecified atom stereocenters. The van der Waals surface area contributed by atoms with Gasteiger partial charge in [0.15, 0.2) is 11.4 Å². The molecule has 0 spiro atoms. The molecule has 0 aliphatic rings. The Morgan fingerprint density at radius 3 is 2.55 bits per heavy atom. The SMILES string of the molecule is CC(=O)Oc1ccc(F)cc1C(=O)c1cnc2c(c1)c(C)nn2-c1ccccc1. The molecule has 0 amide bonds. The van der Waals surface area contributed by atoms with E-state index in [2.05, 4.69) is 10.1 Å². The Bertz CT molecular complexity index is 1250. The maximum atomic E-state index is 13.7. The summed E-state index contributed by atoms with van der Waals surface area (Å²) in [6, 6.07) is 14.6. The van der Waals surface area contributed by atoms with Crippen LogP contribution in [0.5, 0.6) is 5.75 Å². The molecule has 0 N–H and O–H groups in total. The van der Waals surface area contributed by atoms with E-state index < -0.39 is 17.6 Å². The second-order valence-corrected chi connectivity index (χ2v) is 6.49. The number of ether oxygens (including phenoxy) is 1. The fourth-order valence-electron chi connectivity index (χ4n) is 3.10. The van der Waals surface area contributed by atoms with E-state index in [1.165, 1.54) is 19.2 Å². The Labute approximate surface area is 165 Å². The average molecular weight is 389 g/mol. The fraction of sp³-hybridized carbons (Fsp3) is 0.0909. The first kappa shape index (κ1) is 18.5. The van der Waals surface area contributed by atoms with E-state index in [1.54, 1.807) is 10.7 Å². The van der Waals surface area contributed by atoms with Crippen LogP contribution in [0.15, 0.2) is 60.8 Å². The molecule has 0 saturated carbocycles. The molecule has 2 aromatic heterocycles. The number of pyridine rings is 1. The minimum Gasteiger partial charge on any atom is -0.426 e. The number of ketones is 1. The second-order valence-electron chi connectivity index (χ2n) is 6.49. The zero-order chi connectivity index (χ0) is 20.5. The minimum atomic E-state index is -0.605. The Morgan fingerprint density at radius 2 is 1.83 bits per heavy atom. The number of nitrogens with zero attached hydrogens (tertiary/aromatic N) is 3. The van der Waals surface area contributed by atoms with Gasteiger partial charge in [0.1, 0.15) is 11.6 Å².